The van der Waals surface area contributed by atoms with Gasteiger partial charge in [-0.1, -0.05) is 6.07 Å². The molecular weight excluding hydrogens is 482 g/mol. The fourth-order valence-electron chi connectivity index (χ4n) is 4.22. The van der Waals surface area contributed by atoms with Gasteiger partial charge in [0.25, 0.3) is 0 Å². The molecule has 0 aliphatic carbocycles. The molecule has 2 aromatic heterocycles. The minimum atomic E-state index is -1.25. The van der Waals surface area contributed by atoms with Gasteiger partial charge in [0.1, 0.15) is 23.3 Å². The smallest absolute Gasteiger partial charge is 0.335 e. The lowest BCUT2D eigenvalue weighted by atomic mass is 10.0. The van der Waals surface area contributed by atoms with E-state index in [1.165, 1.54) is 12.1 Å². The average Bonchev–Trinajstić information content (AvgIpc) is 3.49. The van der Waals surface area contributed by atoms with Crippen molar-refractivity contribution < 1.29 is 29.3 Å². The standard InChI is InChI=1S/C26H19N3O6S/c30-18-6-4-17(5-7-18)29-23(22(28-26(29)36)19-3-1-2-10-27-19)21-9-8-20(35-21)14-11-15(24(31)32)13-16(12-14)25(33)34/h1-13,22-23,30H,(H,28,36)(H,31,32)(H,33,34)/t22-,23-/m1/s1. The Hall–Kier alpha value is -4.70. The number of nitrogens with one attached hydrogen (secondary N) is 1. The van der Waals surface area contributed by atoms with E-state index in [0.717, 1.165) is 11.8 Å². The van der Waals surface area contributed by atoms with Gasteiger partial charge in [-0.2, -0.15) is 0 Å². The summed E-state index contributed by atoms with van der Waals surface area (Å²) in [6, 6.07) is 18.5. The fourth-order valence-corrected chi connectivity index (χ4v) is 4.56. The molecule has 1 fully saturated rings. The molecule has 36 heavy (non-hydrogen) atoms. The Morgan fingerprint density at radius 1 is 0.944 bits per heavy atom. The molecule has 0 spiro atoms. The van der Waals surface area contributed by atoms with Crippen LogP contribution >= 0.6 is 12.2 Å². The number of phenols is 1. The first-order chi connectivity index (χ1) is 17.3. The summed E-state index contributed by atoms with van der Waals surface area (Å²) >= 11 is 5.65. The van der Waals surface area contributed by atoms with Crippen LogP contribution in [0.1, 0.15) is 44.3 Å². The number of carboxylic acids is 2. The Morgan fingerprint density at radius 2 is 1.64 bits per heavy atom. The van der Waals surface area contributed by atoms with Crippen LogP contribution < -0.4 is 10.2 Å². The molecule has 0 amide bonds. The van der Waals surface area contributed by atoms with Crippen molar-refractivity contribution >= 4 is 35.0 Å². The number of hydrogen-bond donors (Lipinski definition) is 4. The van der Waals surface area contributed by atoms with E-state index in [2.05, 4.69) is 10.3 Å². The number of aromatic hydroxyl groups is 1. The van der Waals surface area contributed by atoms with Gasteiger partial charge in [-0.3, -0.25) is 4.98 Å². The molecule has 0 unspecified atom stereocenters. The van der Waals surface area contributed by atoms with E-state index in [0.29, 0.717) is 27.9 Å². The maximum atomic E-state index is 11.6. The molecule has 2 atom stereocenters. The largest absolute Gasteiger partial charge is 0.508 e. The predicted molar refractivity (Wildman–Crippen MR) is 134 cm³/mol. The van der Waals surface area contributed by atoms with Gasteiger partial charge < -0.3 is 30.0 Å². The summed E-state index contributed by atoms with van der Waals surface area (Å²) in [6.07, 6.45) is 1.68. The second-order valence-electron chi connectivity index (χ2n) is 8.12. The summed E-state index contributed by atoms with van der Waals surface area (Å²) in [6.45, 7) is 0. The zero-order chi connectivity index (χ0) is 25.4. The summed E-state index contributed by atoms with van der Waals surface area (Å²) < 4.78 is 6.19. The van der Waals surface area contributed by atoms with Gasteiger partial charge >= 0.3 is 11.9 Å². The number of anilines is 1. The zero-order valence-corrected chi connectivity index (χ0v) is 19.3. The van der Waals surface area contributed by atoms with Crippen molar-refractivity contribution in [3.8, 4) is 17.1 Å². The number of nitrogens with zero attached hydrogens (tertiary/aromatic N) is 2. The number of benzene rings is 2. The summed E-state index contributed by atoms with van der Waals surface area (Å²) in [7, 11) is 0. The van der Waals surface area contributed by atoms with Crippen molar-refractivity contribution in [1.82, 2.24) is 10.3 Å². The first-order valence-corrected chi connectivity index (χ1v) is 11.2. The third-order valence-corrected chi connectivity index (χ3v) is 6.17. The van der Waals surface area contributed by atoms with Crippen LogP contribution in [0.25, 0.3) is 11.3 Å². The van der Waals surface area contributed by atoms with E-state index in [9.17, 15) is 24.9 Å². The molecule has 180 valence electrons. The lowest BCUT2D eigenvalue weighted by molar-refractivity contribution is 0.0696. The summed E-state index contributed by atoms with van der Waals surface area (Å²) in [4.78, 5) is 29.4. The summed E-state index contributed by atoms with van der Waals surface area (Å²) in [5.41, 5.74) is 1.43. The van der Waals surface area contributed by atoms with E-state index in [1.54, 1.807) is 42.6 Å². The van der Waals surface area contributed by atoms with E-state index < -0.39 is 18.0 Å². The van der Waals surface area contributed by atoms with Crippen LogP contribution in [0.2, 0.25) is 0 Å². The van der Waals surface area contributed by atoms with Crippen LogP contribution in [0.3, 0.4) is 0 Å². The van der Waals surface area contributed by atoms with Crippen LogP contribution in [-0.2, 0) is 0 Å². The SMILES string of the molecule is O=C(O)c1cc(C(=O)O)cc(-c2ccc([C@@H]3[C@@H](c4ccccn4)NC(=S)N3c3ccc(O)cc3)o2)c1. The van der Waals surface area contributed by atoms with E-state index in [4.69, 9.17) is 16.6 Å². The number of aromatic nitrogens is 1. The van der Waals surface area contributed by atoms with Crippen molar-refractivity contribution in [3.63, 3.8) is 0 Å². The molecule has 2 aromatic carbocycles. The molecule has 9 nitrogen and oxygen atoms in total. The molecule has 3 heterocycles. The molecule has 0 saturated carbocycles. The third kappa shape index (κ3) is 4.25. The van der Waals surface area contributed by atoms with Gasteiger partial charge in [0.2, 0.25) is 0 Å². The molecule has 1 aliphatic heterocycles. The number of carboxylic acid groups (broad SMARTS) is 2. The quantitative estimate of drug-likeness (QED) is 0.277. The number of pyridine rings is 1. The van der Waals surface area contributed by atoms with Crippen LogP contribution in [-0.4, -0.2) is 37.4 Å². The number of phenolic OH excluding ortho intramolecular Hbond substituents is 1. The van der Waals surface area contributed by atoms with Crippen LogP contribution in [0.4, 0.5) is 5.69 Å². The molecule has 0 bridgehead atoms. The van der Waals surface area contributed by atoms with Crippen molar-refractivity contribution in [2.24, 2.45) is 0 Å². The minimum absolute atomic E-state index is 0.113. The normalized spacial score (nSPS) is 17.1. The lowest BCUT2D eigenvalue weighted by Gasteiger charge is -2.26. The molecule has 5 rings (SSSR count). The average molecular weight is 502 g/mol. The Morgan fingerprint density at radius 3 is 2.25 bits per heavy atom. The molecular formula is C26H19N3O6S. The molecule has 1 saturated heterocycles. The van der Waals surface area contributed by atoms with Crippen molar-refractivity contribution in [2.45, 2.75) is 12.1 Å². The van der Waals surface area contributed by atoms with Gasteiger partial charge in [-0.25, -0.2) is 9.59 Å². The van der Waals surface area contributed by atoms with Crippen molar-refractivity contribution in [3.05, 3.63) is 102 Å². The Kier molecular flexibility index (Phi) is 5.87. The predicted octanol–water partition coefficient (Wildman–Crippen LogP) is 4.62. The minimum Gasteiger partial charge on any atom is -0.508 e. The highest BCUT2D eigenvalue weighted by Crippen LogP contribution is 2.43. The topological polar surface area (TPSA) is 136 Å². The number of thiocarbonyl (C=S) groups is 1. The maximum absolute atomic E-state index is 11.6. The Bertz CT molecular complexity index is 1440. The highest BCUT2D eigenvalue weighted by molar-refractivity contribution is 7.80. The highest BCUT2D eigenvalue weighted by atomic mass is 32.1. The van der Waals surface area contributed by atoms with Crippen LogP contribution in [0, 0.1) is 0 Å². The molecule has 4 aromatic rings. The van der Waals surface area contributed by atoms with Gasteiger partial charge in [0.05, 0.1) is 22.9 Å². The first-order valence-electron chi connectivity index (χ1n) is 10.8. The van der Waals surface area contributed by atoms with Crippen LogP contribution in [0.5, 0.6) is 5.75 Å². The Balaban J connectivity index is 1.61. The van der Waals surface area contributed by atoms with Gasteiger partial charge in [-0.05, 0) is 78.9 Å². The molecule has 1 aliphatic rings. The number of hydrogen-bond acceptors (Lipinski definition) is 6. The van der Waals surface area contributed by atoms with Gasteiger partial charge in [0, 0.05) is 17.4 Å². The fraction of sp³-hybridized carbons (Fsp3) is 0.0769. The van der Waals surface area contributed by atoms with E-state index in [-0.39, 0.29) is 22.9 Å². The number of carbonyl (C=O) groups is 2. The lowest BCUT2D eigenvalue weighted by Crippen LogP contribution is -2.29. The zero-order valence-electron chi connectivity index (χ0n) is 18.5. The summed E-state index contributed by atoms with van der Waals surface area (Å²) in [5.74, 6) is -1.57. The maximum Gasteiger partial charge on any atom is 0.335 e. The highest BCUT2D eigenvalue weighted by Gasteiger charge is 2.42. The number of rotatable bonds is 6. The number of aromatic carboxylic acids is 2. The molecule has 0 radical (unpaired) electrons. The van der Waals surface area contributed by atoms with Crippen LogP contribution in [0.15, 0.2) is 83.4 Å². The van der Waals surface area contributed by atoms with Crippen molar-refractivity contribution in [2.75, 3.05) is 4.90 Å². The second kappa shape index (κ2) is 9.16. The third-order valence-electron chi connectivity index (χ3n) is 5.86. The van der Waals surface area contributed by atoms with Crippen molar-refractivity contribution in [1.29, 1.82) is 0 Å². The number of furan rings is 1. The molecule has 4 N–H and O–H groups in total. The second-order valence-corrected chi connectivity index (χ2v) is 8.51. The monoisotopic (exact) mass is 501 g/mol. The van der Waals surface area contributed by atoms with Gasteiger partial charge in [0.15, 0.2) is 5.11 Å². The van der Waals surface area contributed by atoms with E-state index >= 15 is 0 Å². The van der Waals surface area contributed by atoms with E-state index in [1.807, 2.05) is 23.1 Å². The first kappa shape index (κ1) is 23.1. The Labute approximate surface area is 210 Å². The summed E-state index contributed by atoms with van der Waals surface area (Å²) in [5, 5.41) is 32.3. The molecule has 10 heteroatoms. The van der Waals surface area contributed by atoms with Gasteiger partial charge in [-0.15, -0.1) is 0 Å².